The van der Waals surface area contributed by atoms with Crippen molar-refractivity contribution >= 4 is 29.3 Å². The fourth-order valence-electron chi connectivity index (χ4n) is 3.23. The Balaban J connectivity index is 1.46. The lowest BCUT2D eigenvalue weighted by molar-refractivity contribution is -0.139. The Kier molecular flexibility index (Phi) is 5.49. The van der Waals surface area contributed by atoms with E-state index in [0.717, 1.165) is 24.9 Å². The van der Waals surface area contributed by atoms with Crippen molar-refractivity contribution in [3.05, 3.63) is 28.8 Å². The van der Waals surface area contributed by atoms with Gasteiger partial charge >= 0.3 is 12.0 Å². The zero-order chi connectivity index (χ0) is 18.0. The van der Waals surface area contributed by atoms with E-state index < -0.39 is 5.97 Å². The van der Waals surface area contributed by atoms with Crippen LogP contribution in [0.1, 0.15) is 31.2 Å². The largest absolute Gasteiger partial charge is 0.480 e. The van der Waals surface area contributed by atoms with Crippen molar-refractivity contribution in [2.45, 2.75) is 44.7 Å². The van der Waals surface area contributed by atoms with Crippen LogP contribution in [0.25, 0.3) is 0 Å². The van der Waals surface area contributed by atoms with Crippen LogP contribution in [0.4, 0.5) is 10.5 Å². The number of hydrogen-bond acceptors (Lipinski definition) is 3. The van der Waals surface area contributed by atoms with Gasteiger partial charge in [-0.2, -0.15) is 0 Å². The van der Waals surface area contributed by atoms with E-state index in [2.05, 4.69) is 10.6 Å². The minimum Gasteiger partial charge on any atom is -0.480 e. The van der Waals surface area contributed by atoms with Gasteiger partial charge in [-0.05, 0) is 56.2 Å². The van der Waals surface area contributed by atoms with Gasteiger partial charge < -0.3 is 15.7 Å². The summed E-state index contributed by atoms with van der Waals surface area (Å²) in [7, 11) is 0. The number of benzene rings is 1. The molecule has 0 bridgehead atoms. The maximum atomic E-state index is 12.1. The highest BCUT2D eigenvalue weighted by Gasteiger charge is 2.37. The lowest BCUT2D eigenvalue weighted by Gasteiger charge is -2.42. The number of amides is 2. The number of carboxylic acids is 1. The molecule has 0 saturated heterocycles. The predicted octanol–water partition coefficient (Wildman–Crippen LogP) is 3.10. The Morgan fingerprint density at radius 3 is 2.68 bits per heavy atom. The number of rotatable bonds is 7. The maximum Gasteiger partial charge on any atom is 0.319 e. The van der Waals surface area contributed by atoms with Crippen LogP contribution in [0, 0.1) is 12.8 Å². The van der Waals surface area contributed by atoms with Crippen molar-refractivity contribution < 1.29 is 14.7 Å². The van der Waals surface area contributed by atoms with E-state index in [4.69, 9.17) is 16.7 Å². The molecule has 7 heteroatoms. The normalized spacial score (nSPS) is 22.4. The molecule has 0 unspecified atom stereocenters. The Labute approximate surface area is 152 Å². The van der Waals surface area contributed by atoms with E-state index in [0.29, 0.717) is 16.6 Å². The van der Waals surface area contributed by atoms with Crippen molar-refractivity contribution in [1.29, 1.82) is 0 Å². The third-order valence-corrected chi connectivity index (χ3v) is 5.19. The highest BCUT2D eigenvalue weighted by atomic mass is 35.5. The van der Waals surface area contributed by atoms with E-state index in [-0.39, 0.29) is 24.7 Å². The predicted molar refractivity (Wildman–Crippen MR) is 97.1 cm³/mol. The zero-order valence-electron chi connectivity index (χ0n) is 14.3. The maximum absolute atomic E-state index is 12.1. The second-order valence-corrected chi connectivity index (χ2v) is 7.58. The van der Waals surface area contributed by atoms with E-state index >= 15 is 0 Å². The molecule has 2 fully saturated rings. The van der Waals surface area contributed by atoms with Crippen molar-refractivity contribution in [3.63, 3.8) is 0 Å². The number of nitrogens with one attached hydrogen (secondary N) is 2. The molecule has 6 nitrogen and oxygen atoms in total. The molecule has 1 aromatic carbocycles. The molecule has 2 saturated carbocycles. The third-order valence-electron chi connectivity index (χ3n) is 4.86. The standard InChI is InChI=1S/C18H24ClN3O3/c1-11-2-5-15(19)16(6-11)21-18(25)20-13-7-14(8-13)22(10-17(23)24)9-12-3-4-12/h2,5-6,12-14H,3-4,7-10H2,1H3,(H,23,24)(H2,20,21,25). The Morgan fingerprint density at radius 2 is 2.04 bits per heavy atom. The van der Waals surface area contributed by atoms with Gasteiger partial charge in [0.25, 0.3) is 0 Å². The summed E-state index contributed by atoms with van der Waals surface area (Å²) < 4.78 is 0. The molecule has 1 aromatic rings. The highest BCUT2D eigenvalue weighted by Crippen LogP contribution is 2.33. The Bertz CT molecular complexity index is 657. The summed E-state index contributed by atoms with van der Waals surface area (Å²) in [6, 6.07) is 5.51. The molecule has 0 aromatic heterocycles. The Hall–Kier alpha value is -1.79. The summed E-state index contributed by atoms with van der Waals surface area (Å²) in [5.74, 6) is -0.137. The molecule has 0 spiro atoms. The van der Waals surface area contributed by atoms with Gasteiger partial charge in [0.05, 0.1) is 17.3 Å². The molecule has 0 radical (unpaired) electrons. The van der Waals surface area contributed by atoms with Crippen LogP contribution in [0.3, 0.4) is 0 Å². The van der Waals surface area contributed by atoms with E-state index in [1.165, 1.54) is 12.8 Å². The minimum absolute atomic E-state index is 0.0732. The van der Waals surface area contributed by atoms with Gasteiger partial charge in [-0.1, -0.05) is 17.7 Å². The zero-order valence-corrected chi connectivity index (χ0v) is 15.1. The molecule has 2 amide bonds. The highest BCUT2D eigenvalue weighted by molar-refractivity contribution is 6.33. The van der Waals surface area contributed by atoms with Crippen LogP contribution in [0.5, 0.6) is 0 Å². The molecule has 136 valence electrons. The van der Waals surface area contributed by atoms with Crippen molar-refractivity contribution in [2.24, 2.45) is 5.92 Å². The number of anilines is 1. The number of urea groups is 1. The molecule has 3 rings (SSSR count). The van der Waals surface area contributed by atoms with Crippen molar-refractivity contribution in [2.75, 3.05) is 18.4 Å². The number of carboxylic acid groups (broad SMARTS) is 1. The second-order valence-electron chi connectivity index (χ2n) is 7.17. The third kappa shape index (κ3) is 5.09. The number of aryl methyl sites for hydroxylation is 1. The fraction of sp³-hybridized carbons (Fsp3) is 0.556. The van der Waals surface area contributed by atoms with Crippen molar-refractivity contribution in [3.8, 4) is 0 Å². The van der Waals surface area contributed by atoms with Crippen LogP contribution in [0.15, 0.2) is 18.2 Å². The average molecular weight is 366 g/mol. The number of halogens is 1. The number of carbonyl (C=O) groups excluding carboxylic acids is 1. The number of aliphatic carboxylic acids is 1. The summed E-state index contributed by atoms with van der Waals surface area (Å²) in [6.07, 6.45) is 3.97. The van der Waals surface area contributed by atoms with E-state index in [1.54, 1.807) is 6.07 Å². The summed E-state index contributed by atoms with van der Waals surface area (Å²) in [6.45, 7) is 2.88. The molecule has 2 aliphatic carbocycles. The first-order valence-electron chi connectivity index (χ1n) is 8.70. The SMILES string of the molecule is Cc1ccc(Cl)c(NC(=O)NC2CC(N(CC(=O)O)CC3CC3)C2)c1. The van der Waals surface area contributed by atoms with Crippen molar-refractivity contribution in [1.82, 2.24) is 10.2 Å². The van der Waals surface area contributed by atoms with Gasteiger partial charge in [0.2, 0.25) is 0 Å². The molecular weight excluding hydrogens is 342 g/mol. The Morgan fingerprint density at radius 1 is 1.32 bits per heavy atom. The van der Waals surface area contributed by atoms with E-state index in [1.807, 2.05) is 24.0 Å². The number of carbonyl (C=O) groups is 2. The van der Waals surface area contributed by atoms with Gasteiger partial charge in [-0.25, -0.2) is 4.79 Å². The van der Waals surface area contributed by atoms with Gasteiger partial charge in [0.1, 0.15) is 0 Å². The molecule has 0 aliphatic heterocycles. The van der Waals surface area contributed by atoms with Crippen LogP contribution in [0.2, 0.25) is 5.02 Å². The quantitative estimate of drug-likeness (QED) is 0.693. The average Bonchev–Trinajstić information content (AvgIpc) is 3.29. The summed E-state index contributed by atoms with van der Waals surface area (Å²) >= 11 is 6.09. The first-order valence-corrected chi connectivity index (χ1v) is 9.08. The fourth-order valence-corrected chi connectivity index (χ4v) is 3.40. The summed E-state index contributed by atoms with van der Waals surface area (Å²) in [5.41, 5.74) is 1.61. The first-order chi connectivity index (χ1) is 11.9. The van der Waals surface area contributed by atoms with Crippen LogP contribution in [-0.2, 0) is 4.79 Å². The smallest absolute Gasteiger partial charge is 0.319 e. The topological polar surface area (TPSA) is 81.7 Å². The monoisotopic (exact) mass is 365 g/mol. The molecule has 0 heterocycles. The number of hydrogen-bond donors (Lipinski definition) is 3. The lowest BCUT2D eigenvalue weighted by atomic mass is 9.85. The lowest BCUT2D eigenvalue weighted by Crippen LogP contribution is -2.55. The first kappa shape index (κ1) is 18.0. The number of nitrogens with zero attached hydrogens (tertiary/aromatic N) is 1. The van der Waals surface area contributed by atoms with Gasteiger partial charge in [0.15, 0.2) is 0 Å². The minimum atomic E-state index is -0.788. The van der Waals surface area contributed by atoms with Gasteiger partial charge in [-0.3, -0.25) is 9.69 Å². The summed E-state index contributed by atoms with van der Waals surface area (Å²) in [4.78, 5) is 25.2. The molecule has 3 N–H and O–H groups in total. The summed E-state index contributed by atoms with van der Waals surface area (Å²) in [5, 5.41) is 15.3. The van der Waals surface area contributed by atoms with Gasteiger partial charge in [-0.15, -0.1) is 0 Å². The van der Waals surface area contributed by atoms with Gasteiger partial charge in [0, 0.05) is 18.6 Å². The molecular formula is C18H24ClN3O3. The van der Waals surface area contributed by atoms with Crippen LogP contribution in [-0.4, -0.2) is 47.2 Å². The molecule has 25 heavy (non-hydrogen) atoms. The molecule has 2 aliphatic rings. The van der Waals surface area contributed by atoms with Crippen LogP contribution >= 0.6 is 11.6 Å². The molecule has 0 atom stereocenters. The second kappa shape index (κ2) is 7.62. The van der Waals surface area contributed by atoms with E-state index in [9.17, 15) is 9.59 Å². The van der Waals surface area contributed by atoms with Crippen LogP contribution < -0.4 is 10.6 Å².